The molecule has 0 bridgehead atoms. The number of nitrogens with zero attached hydrogens (tertiary/aromatic N) is 2. The fourth-order valence-electron chi connectivity index (χ4n) is 2.53. The molecule has 8 heteroatoms. The summed E-state index contributed by atoms with van der Waals surface area (Å²) >= 11 is 12.8. The van der Waals surface area contributed by atoms with E-state index in [2.05, 4.69) is 5.32 Å². The van der Waals surface area contributed by atoms with E-state index in [1.807, 2.05) is 32.6 Å². The number of nitrogens with one attached hydrogen (secondary N) is 1. The van der Waals surface area contributed by atoms with E-state index in [9.17, 15) is 10.0 Å². The van der Waals surface area contributed by atoms with Gasteiger partial charge in [-0.2, -0.15) is 5.06 Å². The number of carbonyl (C=O) groups excluding carboxylic acids is 1. The molecule has 2 amide bonds. The molecule has 23 heavy (non-hydrogen) atoms. The number of thiocarbonyl (C=S) groups is 1. The van der Waals surface area contributed by atoms with Crippen molar-refractivity contribution in [2.75, 3.05) is 5.32 Å². The van der Waals surface area contributed by atoms with E-state index in [-0.39, 0.29) is 6.04 Å². The van der Waals surface area contributed by atoms with Crippen molar-refractivity contribution in [1.82, 2.24) is 9.96 Å². The zero-order valence-corrected chi connectivity index (χ0v) is 15.8. The molecule has 0 aliphatic carbocycles. The molecule has 126 valence electrons. The lowest BCUT2D eigenvalue weighted by atomic mass is 10.1. The van der Waals surface area contributed by atoms with Crippen LogP contribution in [0.5, 0.6) is 0 Å². The summed E-state index contributed by atoms with van der Waals surface area (Å²) in [5.74, 6) is 0. The molecule has 5 nitrogen and oxygen atoms in total. The normalized spacial score (nSPS) is 20.0. The number of urea groups is 1. The van der Waals surface area contributed by atoms with Gasteiger partial charge in [0.2, 0.25) is 0 Å². The van der Waals surface area contributed by atoms with E-state index >= 15 is 0 Å². The third-order valence-corrected chi connectivity index (χ3v) is 5.34. The zero-order valence-electron chi connectivity index (χ0n) is 13.4. The lowest BCUT2D eigenvalue weighted by Crippen LogP contribution is -2.57. The van der Waals surface area contributed by atoms with E-state index < -0.39 is 16.9 Å². The number of anilines is 1. The van der Waals surface area contributed by atoms with Crippen LogP contribution in [-0.4, -0.2) is 42.5 Å². The maximum absolute atomic E-state index is 12.4. The topological polar surface area (TPSA) is 55.8 Å². The Labute approximate surface area is 150 Å². The van der Waals surface area contributed by atoms with Gasteiger partial charge < -0.3 is 10.2 Å². The molecule has 2 rings (SSSR count). The minimum Gasteiger partial charge on any atom is -0.331 e. The Morgan fingerprint density at radius 3 is 2.74 bits per heavy atom. The standard InChI is InChI=1S/C15H20ClN3O2S2/c1-9(2)18-12(15(3,4)23-14(18)22)19(21)13(20)17-11-7-5-6-10(16)8-11/h5-9,12,21H,1-4H3,(H,17,20). The number of hydrogen-bond acceptors (Lipinski definition) is 4. The maximum Gasteiger partial charge on any atom is 0.347 e. The summed E-state index contributed by atoms with van der Waals surface area (Å²) in [6, 6.07) is 6.20. The maximum atomic E-state index is 12.4. The average Bonchev–Trinajstić information content (AvgIpc) is 2.66. The van der Waals surface area contributed by atoms with Gasteiger partial charge in [0.1, 0.15) is 10.5 Å². The van der Waals surface area contributed by atoms with Crippen molar-refractivity contribution >= 4 is 51.6 Å². The number of thioether (sulfide) groups is 1. The van der Waals surface area contributed by atoms with Gasteiger partial charge in [0.25, 0.3) is 0 Å². The molecule has 1 aliphatic heterocycles. The quantitative estimate of drug-likeness (QED) is 0.467. The van der Waals surface area contributed by atoms with Crippen molar-refractivity contribution in [2.45, 2.75) is 44.6 Å². The molecule has 0 aromatic heterocycles. The van der Waals surface area contributed by atoms with Crippen LogP contribution < -0.4 is 5.32 Å². The predicted molar refractivity (Wildman–Crippen MR) is 99.1 cm³/mol. The Bertz CT molecular complexity index is 624. The summed E-state index contributed by atoms with van der Waals surface area (Å²) in [5, 5.41) is 14.4. The highest BCUT2D eigenvalue weighted by Crippen LogP contribution is 2.43. The van der Waals surface area contributed by atoms with Crippen LogP contribution in [0.1, 0.15) is 27.7 Å². The molecular weight excluding hydrogens is 354 g/mol. The van der Waals surface area contributed by atoms with Gasteiger partial charge in [-0.25, -0.2) is 4.79 Å². The van der Waals surface area contributed by atoms with Gasteiger partial charge in [0.05, 0.1) is 4.75 Å². The smallest absolute Gasteiger partial charge is 0.331 e. The molecular formula is C15H20ClN3O2S2. The SMILES string of the molecule is CC(C)N1C(=S)SC(C)(C)C1N(O)C(=O)Nc1cccc(Cl)c1. The highest BCUT2D eigenvalue weighted by atomic mass is 35.5. The van der Waals surface area contributed by atoms with Crippen LogP contribution >= 0.6 is 35.6 Å². The van der Waals surface area contributed by atoms with Crippen LogP contribution in [0.25, 0.3) is 0 Å². The minimum absolute atomic E-state index is 0.0652. The van der Waals surface area contributed by atoms with Crippen LogP contribution in [0.15, 0.2) is 24.3 Å². The fraction of sp³-hybridized carbons (Fsp3) is 0.467. The molecule has 2 N–H and O–H groups in total. The van der Waals surface area contributed by atoms with Crippen LogP contribution in [0.4, 0.5) is 10.5 Å². The van der Waals surface area contributed by atoms with Crippen molar-refractivity contribution in [2.24, 2.45) is 0 Å². The van der Waals surface area contributed by atoms with Crippen molar-refractivity contribution in [3.05, 3.63) is 29.3 Å². The first kappa shape index (κ1) is 18.3. The third-order valence-electron chi connectivity index (χ3n) is 3.52. The molecule has 1 heterocycles. The van der Waals surface area contributed by atoms with Crippen molar-refractivity contribution in [3.8, 4) is 0 Å². The van der Waals surface area contributed by atoms with E-state index in [1.54, 1.807) is 24.3 Å². The average molecular weight is 374 g/mol. The Morgan fingerprint density at radius 1 is 1.52 bits per heavy atom. The molecule has 1 aromatic carbocycles. The van der Waals surface area contributed by atoms with Gasteiger partial charge in [-0.1, -0.05) is 41.6 Å². The first-order valence-electron chi connectivity index (χ1n) is 7.19. The summed E-state index contributed by atoms with van der Waals surface area (Å²) in [7, 11) is 0. The molecule has 1 unspecified atom stereocenters. The Hall–Kier alpha value is -1.02. The van der Waals surface area contributed by atoms with Gasteiger partial charge in [-0.15, -0.1) is 0 Å². The fourth-order valence-corrected chi connectivity index (χ4v) is 4.86. The van der Waals surface area contributed by atoms with Crippen molar-refractivity contribution < 1.29 is 10.0 Å². The van der Waals surface area contributed by atoms with Crippen LogP contribution in [0.2, 0.25) is 5.02 Å². The summed E-state index contributed by atoms with van der Waals surface area (Å²) in [5.41, 5.74) is 0.517. The summed E-state index contributed by atoms with van der Waals surface area (Å²) in [6.45, 7) is 7.85. The van der Waals surface area contributed by atoms with E-state index in [0.29, 0.717) is 20.1 Å². The Balaban J connectivity index is 2.21. The van der Waals surface area contributed by atoms with E-state index in [0.717, 1.165) is 0 Å². The first-order chi connectivity index (χ1) is 10.6. The van der Waals surface area contributed by atoms with Crippen LogP contribution in [0.3, 0.4) is 0 Å². The molecule has 1 fully saturated rings. The van der Waals surface area contributed by atoms with Crippen LogP contribution in [0, 0.1) is 0 Å². The number of benzene rings is 1. The minimum atomic E-state index is -0.624. The molecule has 0 saturated carbocycles. The Kier molecular flexibility index (Phi) is 5.45. The van der Waals surface area contributed by atoms with Crippen LogP contribution in [-0.2, 0) is 0 Å². The van der Waals surface area contributed by atoms with Crippen molar-refractivity contribution in [1.29, 1.82) is 0 Å². The van der Waals surface area contributed by atoms with E-state index in [1.165, 1.54) is 11.8 Å². The second kappa shape index (κ2) is 6.84. The molecule has 0 spiro atoms. The zero-order chi connectivity index (χ0) is 17.4. The molecule has 1 aromatic rings. The Morgan fingerprint density at radius 2 is 2.17 bits per heavy atom. The number of carbonyl (C=O) groups is 1. The number of halogens is 1. The number of amides is 2. The molecule has 0 radical (unpaired) electrons. The van der Waals surface area contributed by atoms with Gasteiger partial charge >= 0.3 is 6.03 Å². The first-order valence-corrected chi connectivity index (χ1v) is 8.79. The highest BCUT2D eigenvalue weighted by molar-refractivity contribution is 8.24. The predicted octanol–water partition coefficient (Wildman–Crippen LogP) is 4.41. The largest absolute Gasteiger partial charge is 0.347 e. The summed E-state index contributed by atoms with van der Waals surface area (Å²) in [6.07, 6.45) is -0.556. The van der Waals surface area contributed by atoms with E-state index in [4.69, 9.17) is 23.8 Å². The molecule has 1 atom stereocenters. The number of rotatable bonds is 3. The third kappa shape index (κ3) is 3.91. The second-order valence-corrected chi connectivity index (χ2v) is 8.86. The lowest BCUT2D eigenvalue weighted by Gasteiger charge is -2.38. The highest BCUT2D eigenvalue weighted by Gasteiger charge is 2.50. The van der Waals surface area contributed by atoms with Gasteiger partial charge in [0, 0.05) is 16.8 Å². The van der Waals surface area contributed by atoms with Crippen molar-refractivity contribution in [3.63, 3.8) is 0 Å². The second-order valence-electron chi connectivity index (χ2n) is 6.13. The number of hydrogen-bond donors (Lipinski definition) is 2. The molecule has 1 saturated heterocycles. The monoisotopic (exact) mass is 373 g/mol. The van der Waals surface area contributed by atoms with Gasteiger partial charge in [0.15, 0.2) is 0 Å². The lowest BCUT2D eigenvalue weighted by molar-refractivity contribution is -0.119. The van der Waals surface area contributed by atoms with Gasteiger partial charge in [-0.05, 0) is 45.9 Å². The molecule has 1 aliphatic rings. The summed E-state index contributed by atoms with van der Waals surface area (Å²) in [4.78, 5) is 14.3. The van der Waals surface area contributed by atoms with Gasteiger partial charge in [-0.3, -0.25) is 5.21 Å². The summed E-state index contributed by atoms with van der Waals surface area (Å²) < 4.78 is 0.242. The number of hydroxylamine groups is 2.